The Labute approximate surface area is 393 Å². The number of aromatic nitrogens is 3. The zero-order chi connectivity index (χ0) is 45.8. The Balaban J connectivity index is 1.23. The molecule has 0 amide bonds. The van der Waals surface area contributed by atoms with Crippen LogP contribution in [0.2, 0.25) is 0 Å². The normalized spacial score (nSPS) is 15.4. The summed E-state index contributed by atoms with van der Waals surface area (Å²) >= 11 is 1.97. The van der Waals surface area contributed by atoms with Crippen LogP contribution >= 0.6 is 11.3 Å². The van der Waals surface area contributed by atoms with E-state index in [0.717, 1.165) is 48.2 Å². The highest BCUT2D eigenvalue weighted by Gasteiger charge is 2.39. The van der Waals surface area contributed by atoms with Crippen LogP contribution in [0.4, 0.5) is 11.4 Å². The number of nitrogens with zero attached hydrogens (tertiary/aromatic N) is 3. The lowest BCUT2D eigenvalue weighted by Gasteiger charge is -2.42. The molecule has 328 valence electrons. The zero-order valence-corrected chi connectivity index (χ0v) is 41.2. The molecular weight excluding hydrogens is 820 g/mol. The van der Waals surface area contributed by atoms with Gasteiger partial charge in [-0.15, -0.1) is 11.3 Å². The largest absolute Gasteiger partial charge is 0.355 e. The highest BCUT2D eigenvalue weighted by molar-refractivity contribution is 7.26. The van der Waals surface area contributed by atoms with Gasteiger partial charge in [-0.2, -0.15) is 0 Å². The predicted octanol–water partition coefficient (Wildman–Crippen LogP) is 14.8. The van der Waals surface area contributed by atoms with Crippen molar-refractivity contribution in [1.29, 1.82) is 0 Å². The number of nitrogens with one attached hydrogen (secondary N) is 1. The maximum absolute atomic E-state index is 5.35. The minimum Gasteiger partial charge on any atom is -0.355 e. The van der Waals surface area contributed by atoms with E-state index in [1.54, 1.807) is 0 Å². The van der Waals surface area contributed by atoms with Gasteiger partial charge in [0.15, 0.2) is 7.28 Å². The Hall–Kier alpha value is -6.11. The first-order valence-corrected chi connectivity index (χ1v) is 24.8. The number of thiophene rings is 1. The van der Waals surface area contributed by atoms with Crippen molar-refractivity contribution < 1.29 is 0 Å². The molecule has 0 spiro atoms. The molecule has 4 heterocycles. The van der Waals surface area contributed by atoms with Crippen LogP contribution in [0.15, 0.2) is 121 Å². The second kappa shape index (κ2) is 14.0. The Morgan fingerprint density at radius 1 is 0.667 bits per heavy atom. The SMILES string of the molecule is Cn1c(-c2ccccc2)nc2cc3c(cc21)-n1c2ccc(C(C)(C)C)cc2c2c4c(sc5ccccc54)c(-c4cc5c(cc4Nc4ccc(C(C)(C)C)cc4)C(C)(C)CCC5(C)C)c(c21)B3. The number of hydrogen-bond acceptors (Lipinski definition) is 3. The minimum absolute atomic E-state index is 0.0105. The molecule has 3 aromatic heterocycles. The lowest BCUT2D eigenvalue weighted by Crippen LogP contribution is -2.37. The Kier molecular flexibility index (Phi) is 8.75. The summed E-state index contributed by atoms with van der Waals surface area (Å²) in [6, 6.07) is 46.2. The molecule has 1 N–H and O–H groups in total. The Bertz CT molecular complexity index is 3660. The topological polar surface area (TPSA) is 34.8 Å². The summed E-state index contributed by atoms with van der Waals surface area (Å²) in [5.41, 5.74) is 20.5. The van der Waals surface area contributed by atoms with Crippen LogP contribution in [0.5, 0.6) is 0 Å². The minimum atomic E-state index is -0.0105. The molecule has 1 aliphatic heterocycles. The number of hydrogen-bond donors (Lipinski definition) is 1. The maximum Gasteiger partial charge on any atom is 0.198 e. The van der Waals surface area contributed by atoms with Gasteiger partial charge in [0.05, 0.1) is 16.6 Å². The zero-order valence-electron chi connectivity index (χ0n) is 40.4. The predicted molar refractivity (Wildman–Crippen MR) is 288 cm³/mol. The summed E-state index contributed by atoms with van der Waals surface area (Å²) < 4.78 is 7.61. The number of benzene rings is 7. The summed E-state index contributed by atoms with van der Waals surface area (Å²) in [6.07, 6.45) is 2.31. The lowest BCUT2D eigenvalue weighted by atomic mass is 9.58. The number of rotatable bonds is 4. The van der Waals surface area contributed by atoms with Gasteiger partial charge >= 0.3 is 0 Å². The monoisotopic (exact) mass is 878 g/mol. The molecule has 1 aliphatic carbocycles. The van der Waals surface area contributed by atoms with Crippen molar-refractivity contribution in [2.75, 3.05) is 5.32 Å². The van der Waals surface area contributed by atoms with Gasteiger partial charge in [0.2, 0.25) is 0 Å². The van der Waals surface area contributed by atoms with Gasteiger partial charge < -0.3 is 14.5 Å². The second-order valence-corrected chi connectivity index (χ2v) is 23.9. The fourth-order valence-electron chi connectivity index (χ4n) is 11.5. The summed E-state index contributed by atoms with van der Waals surface area (Å²) in [6.45, 7) is 23.7. The number of fused-ring (bicyclic) bond motifs is 11. The molecule has 0 atom stereocenters. The molecule has 7 aromatic carbocycles. The molecule has 10 aromatic rings. The van der Waals surface area contributed by atoms with Gasteiger partial charge in [0.1, 0.15) is 5.82 Å². The van der Waals surface area contributed by atoms with E-state index in [1.807, 2.05) is 11.3 Å². The lowest BCUT2D eigenvalue weighted by molar-refractivity contribution is 0.332. The summed E-state index contributed by atoms with van der Waals surface area (Å²) in [5.74, 6) is 0.987. The first-order valence-electron chi connectivity index (χ1n) is 23.9. The molecular formula is C60H59BN4S. The van der Waals surface area contributed by atoms with Gasteiger partial charge in [-0.1, -0.05) is 141 Å². The average molecular weight is 879 g/mol. The molecule has 0 bridgehead atoms. The number of anilines is 2. The van der Waals surface area contributed by atoms with Crippen LogP contribution in [-0.4, -0.2) is 21.4 Å². The Morgan fingerprint density at radius 3 is 2.05 bits per heavy atom. The van der Waals surface area contributed by atoms with Crippen molar-refractivity contribution >= 4 is 93.9 Å². The molecule has 0 radical (unpaired) electrons. The summed E-state index contributed by atoms with van der Waals surface area (Å²) in [4.78, 5) is 5.35. The van der Waals surface area contributed by atoms with E-state index in [-0.39, 0.29) is 21.7 Å². The molecule has 0 saturated heterocycles. The van der Waals surface area contributed by atoms with E-state index in [2.05, 4.69) is 212 Å². The van der Waals surface area contributed by atoms with Gasteiger partial charge in [-0.25, -0.2) is 4.98 Å². The standard InChI is InChI=1S/C60H59BN4S/c1-57(2,3)35-21-24-37(25-22-35)62-44-31-42-41(59(7,8)27-28-60(42,9)10)30-39(44)52-53-54-50(51-38-19-15-16-20-49(38)66-55(51)52)40-29-36(58(4,5)6)23-26-46(40)65(54)47-33-48-45(32-43(47)61-53)63-56(64(48)11)34-17-13-12-14-18-34/h12-26,29-33,61-62H,27-28H2,1-11H3. The van der Waals surface area contributed by atoms with Crippen LogP contribution in [0.1, 0.15) is 104 Å². The van der Waals surface area contributed by atoms with E-state index in [9.17, 15) is 0 Å². The van der Waals surface area contributed by atoms with Crippen LogP contribution in [0, 0.1) is 0 Å². The second-order valence-electron chi connectivity index (χ2n) is 22.9. The quantitative estimate of drug-likeness (QED) is 0.179. The van der Waals surface area contributed by atoms with Crippen molar-refractivity contribution in [2.45, 2.75) is 104 Å². The molecule has 4 nitrogen and oxygen atoms in total. The molecule has 66 heavy (non-hydrogen) atoms. The van der Waals surface area contributed by atoms with E-state index in [4.69, 9.17) is 4.98 Å². The average Bonchev–Trinajstić information content (AvgIpc) is 3.94. The van der Waals surface area contributed by atoms with Crippen LogP contribution in [-0.2, 0) is 28.7 Å². The Morgan fingerprint density at radius 2 is 1.33 bits per heavy atom. The van der Waals surface area contributed by atoms with E-state index >= 15 is 0 Å². The smallest absolute Gasteiger partial charge is 0.198 e. The van der Waals surface area contributed by atoms with Crippen molar-refractivity contribution in [3.8, 4) is 28.2 Å². The fraction of sp³-hybridized carbons (Fsp3) is 0.283. The molecule has 12 rings (SSSR count). The van der Waals surface area contributed by atoms with Crippen molar-refractivity contribution in [1.82, 2.24) is 14.1 Å². The van der Waals surface area contributed by atoms with Gasteiger partial charge in [0, 0.05) is 71.7 Å². The third kappa shape index (κ3) is 6.13. The van der Waals surface area contributed by atoms with Gasteiger partial charge in [-0.05, 0) is 122 Å². The van der Waals surface area contributed by atoms with Gasteiger partial charge in [-0.3, -0.25) is 0 Å². The maximum atomic E-state index is 5.35. The molecule has 0 saturated carbocycles. The van der Waals surface area contributed by atoms with E-state index in [1.165, 1.54) is 97.7 Å². The van der Waals surface area contributed by atoms with Crippen molar-refractivity contribution in [3.05, 3.63) is 144 Å². The third-order valence-electron chi connectivity index (χ3n) is 15.5. The fourth-order valence-corrected chi connectivity index (χ4v) is 12.8. The van der Waals surface area contributed by atoms with Crippen molar-refractivity contribution in [3.63, 3.8) is 0 Å². The van der Waals surface area contributed by atoms with Crippen LogP contribution in [0.3, 0.4) is 0 Å². The van der Waals surface area contributed by atoms with Crippen molar-refractivity contribution in [2.24, 2.45) is 7.05 Å². The number of imidazole rings is 1. The highest BCUT2D eigenvalue weighted by Crippen LogP contribution is 2.53. The van der Waals surface area contributed by atoms with Gasteiger partial charge in [0.25, 0.3) is 0 Å². The number of aryl methyl sites for hydroxylation is 1. The summed E-state index contributed by atoms with van der Waals surface area (Å²) in [7, 11) is 2.97. The van der Waals surface area contributed by atoms with Crippen LogP contribution in [0.25, 0.3) is 81.2 Å². The first-order chi connectivity index (χ1) is 31.4. The molecule has 2 aliphatic rings. The van der Waals surface area contributed by atoms with E-state index in [0.29, 0.717) is 0 Å². The van der Waals surface area contributed by atoms with E-state index < -0.39 is 0 Å². The molecule has 6 heteroatoms. The molecule has 0 unspecified atom stereocenters. The molecule has 0 fully saturated rings. The highest BCUT2D eigenvalue weighted by atomic mass is 32.1. The van der Waals surface area contributed by atoms with Crippen LogP contribution < -0.4 is 16.2 Å². The first kappa shape index (κ1) is 41.3. The third-order valence-corrected chi connectivity index (χ3v) is 16.7. The summed E-state index contributed by atoms with van der Waals surface area (Å²) in [5, 5.41) is 9.50.